The summed E-state index contributed by atoms with van der Waals surface area (Å²) in [6.45, 7) is 1.77. The minimum absolute atomic E-state index is 0.0948. The molecule has 7 heteroatoms. The highest BCUT2D eigenvalue weighted by atomic mass is 32.2. The third-order valence-electron chi connectivity index (χ3n) is 4.69. The predicted octanol–water partition coefficient (Wildman–Crippen LogP) is 2.16. The molecule has 25 heavy (non-hydrogen) atoms. The van der Waals surface area contributed by atoms with Crippen molar-refractivity contribution in [2.45, 2.75) is 18.9 Å². The first-order valence-electron chi connectivity index (χ1n) is 8.49. The van der Waals surface area contributed by atoms with Crippen LogP contribution in [0.15, 0.2) is 41.0 Å². The molecule has 6 nitrogen and oxygen atoms in total. The molecule has 2 aliphatic rings. The molecule has 0 aliphatic carbocycles. The largest absolute Gasteiger partial charge is 0.493 e. The quantitative estimate of drug-likeness (QED) is 0.814. The summed E-state index contributed by atoms with van der Waals surface area (Å²) in [7, 11) is -3.34. The van der Waals surface area contributed by atoms with Crippen LogP contribution in [0.2, 0.25) is 0 Å². The molecule has 1 aromatic heterocycles. The second kappa shape index (κ2) is 6.82. The molecule has 1 unspecified atom stereocenters. The van der Waals surface area contributed by atoms with Crippen molar-refractivity contribution in [3.8, 4) is 5.75 Å². The Morgan fingerprint density at radius 3 is 2.96 bits per heavy atom. The molecule has 1 atom stereocenters. The van der Waals surface area contributed by atoms with E-state index in [1.165, 1.54) is 9.87 Å². The number of benzene rings is 1. The average Bonchev–Trinajstić information content (AvgIpc) is 3.31. The number of rotatable bonds is 5. The van der Waals surface area contributed by atoms with Gasteiger partial charge in [-0.2, -0.15) is 4.31 Å². The maximum atomic E-state index is 12.7. The fourth-order valence-electron chi connectivity index (χ4n) is 3.30. The number of fused-ring (bicyclic) bond motifs is 1. The van der Waals surface area contributed by atoms with E-state index in [1.807, 2.05) is 18.2 Å². The van der Waals surface area contributed by atoms with E-state index in [4.69, 9.17) is 13.9 Å². The first-order valence-corrected chi connectivity index (χ1v) is 10.1. The molecule has 2 aromatic rings. The summed E-state index contributed by atoms with van der Waals surface area (Å²) in [5, 5.41) is 0. The van der Waals surface area contributed by atoms with E-state index in [2.05, 4.69) is 6.07 Å². The van der Waals surface area contributed by atoms with E-state index >= 15 is 0 Å². The summed E-state index contributed by atoms with van der Waals surface area (Å²) in [5.74, 6) is 1.68. The second-order valence-electron chi connectivity index (χ2n) is 6.34. The van der Waals surface area contributed by atoms with Crippen LogP contribution < -0.4 is 4.74 Å². The zero-order chi connectivity index (χ0) is 17.3. The van der Waals surface area contributed by atoms with Crippen molar-refractivity contribution in [3.63, 3.8) is 0 Å². The Bertz CT molecular complexity index is 831. The van der Waals surface area contributed by atoms with E-state index in [0.29, 0.717) is 38.5 Å². The number of ether oxygens (including phenoxy) is 2. The molecule has 2 aliphatic heterocycles. The molecule has 134 valence electrons. The Morgan fingerprint density at radius 1 is 1.20 bits per heavy atom. The SMILES string of the molecule is O=S(=O)(CCc1ccc2c(c1)CCO2)N1CCOC(c2ccco2)C1. The van der Waals surface area contributed by atoms with Gasteiger partial charge in [0.25, 0.3) is 0 Å². The van der Waals surface area contributed by atoms with E-state index in [0.717, 1.165) is 17.7 Å². The lowest BCUT2D eigenvalue weighted by Gasteiger charge is -2.31. The fourth-order valence-corrected chi connectivity index (χ4v) is 4.76. The molecule has 1 fully saturated rings. The fraction of sp³-hybridized carbons (Fsp3) is 0.444. The molecular weight excluding hydrogens is 342 g/mol. The smallest absolute Gasteiger partial charge is 0.214 e. The minimum Gasteiger partial charge on any atom is -0.493 e. The Kier molecular flexibility index (Phi) is 4.54. The van der Waals surface area contributed by atoms with Crippen LogP contribution in [0.5, 0.6) is 5.75 Å². The average molecular weight is 363 g/mol. The Morgan fingerprint density at radius 2 is 2.12 bits per heavy atom. The standard InChI is InChI=1S/C18H21NO5S/c20-25(21,11-6-14-3-4-16-15(12-14)5-9-23-16)19-7-10-24-18(13-19)17-2-1-8-22-17/h1-4,8,12,18H,5-7,9-11,13H2. The highest BCUT2D eigenvalue weighted by molar-refractivity contribution is 7.89. The van der Waals surface area contributed by atoms with Crippen molar-refractivity contribution in [1.82, 2.24) is 4.31 Å². The molecule has 0 N–H and O–H groups in total. The van der Waals surface area contributed by atoms with E-state index in [1.54, 1.807) is 12.3 Å². The molecule has 0 saturated carbocycles. The third kappa shape index (κ3) is 3.58. The number of hydrogen-bond donors (Lipinski definition) is 0. The van der Waals surface area contributed by atoms with Gasteiger partial charge in [-0.25, -0.2) is 8.42 Å². The summed E-state index contributed by atoms with van der Waals surface area (Å²) in [6.07, 6.45) is 2.63. The lowest BCUT2D eigenvalue weighted by atomic mass is 10.1. The van der Waals surface area contributed by atoms with Crippen molar-refractivity contribution < 1.29 is 22.3 Å². The Labute approximate surface area is 147 Å². The number of morpholine rings is 1. The van der Waals surface area contributed by atoms with E-state index in [9.17, 15) is 8.42 Å². The Hall–Kier alpha value is -1.83. The summed E-state index contributed by atoms with van der Waals surface area (Å²) in [4.78, 5) is 0. The van der Waals surface area contributed by atoms with Crippen molar-refractivity contribution in [2.75, 3.05) is 32.1 Å². The Balaban J connectivity index is 1.41. The van der Waals surface area contributed by atoms with Crippen LogP contribution in [0.3, 0.4) is 0 Å². The molecule has 4 rings (SSSR count). The van der Waals surface area contributed by atoms with Gasteiger partial charge >= 0.3 is 0 Å². The first kappa shape index (κ1) is 16.6. The topological polar surface area (TPSA) is 69.0 Å². The van der Waals surface area contributed by atoms with Gasteiger partial charge in [0, 0.05) is 19.5 Å². The van der Waals surface area contributed by atoms with Crippen LogP contribution in [0.25, 0.3) is 0 Å². The zero-order valence-electron chi connectivity index (χ0n) is 13.9. The lowest BCUT2D eigenvalue weighted by Crippen LogP contribution is -2.43. The maximum Gasteiger partial charge on any atom is 0.214 e. The summed E-state index contributed by atoms with van der Waals surface area (Å²) in [6, 6.07) is 9.54. The summed E-state index contributed by atoms with van der Waals surface area (Å²) >= 11 is 0. The predicted molar refractivity (Wildman–Crippen MR) is 92.1 cm³/mol. The molecule has 3 heterocycles. The van der Waals surface area contributed by atoms with Gasteiger partial charge in [-0.15, -0.1) is 0 Å². The van der Waals surface area contributed by atoms with Crippen LogP contribution in [-0.2, 0) is 27.6 Å². The van der Waals surface area contributed by atoms with Gasteiger partial charge in [0.1, 0.15) is 17.6 Å². The molecular formula is C18H21NO5S. The number of furan rings is 1. The van der Waals surface area contributed by atoms with Gasteiger partial charge in [-0.05, 0) is 35.7 Å². The lowest BCUT2D eigenvalue weighted by molar-refractivity contribution is -0.0142. The van der Waals surface area contributed by atoms with E-state index < -0.39 is 10.0 Å². The number of hydrogen-bond acceptors (Lipinski definition) is 5. The third-order valence-corrected chi connectivity index (χ3v) is 6.52. The van der Waals surface area contributed by atoms with Gasteiger partial charge < -0.3 is 13.9 Å². The van der Waals surface area contributed by atoms with Crippen LogP contribution in [-0.4, -0.2) is 44.8 Å². The first-order chi connectivity index (χ1) is 12.1. The van der Waals surface area contributed by atoms with Crippen molar-refractivity contribution in [2.24, 2.45) is 0 Å². The number of aryl methyl sites for hydroxylation is 1. The zero-order valence-corrected chi connectivity index (χ0v) is 14.7. The molecule has 0 radical (unpaired) electrons. The highest BCUT2D eigenvalue weighted by Crippen LogP contribution is 2.27. The molecule has 1 aromatic carbocycles. The number of sulfonamides is 1. The van der Waals surface area contributed by atoms with Crippen LogP contribution in [0.4, 0.5) is 0 Å². The summed E-state index contributed by atoms with van der Waals surface area (Å²) < 4.78 is 43.4. The van der Waals surface area contributed by atoms with Crippen molar-refractivity contribution in [3.05, 3.63) is 53.5 Å². The normalized spacial score (nSPS) is 21.0. The van der Waals surface area contributed by atoms with Gasteiger partial charge in [-0.1, -0.05) is 12.1 Å². The van der Waals surface area contributed by atoms with Gasteiger partial charge in [0.2, 0.25) is 10.0 Å². The number of nitrogens with zero attached hydrogens (tertiary/aromatic N) is 1. The van der Waals surface area contributed by atoms with Crippen molar-refractivity contribution in [1.29, 1.82) is 0 Å². The second-order valence-corrected chi connectivity index (χ2v) is 8.43. The van der Waals surface area contributed by atoms with Crippen LogP contribution >= 0.6 is 0 Å². The van der Waals surface area contributed by atoms with Crippen LogP contribution in [0, 0.1) is 0 Å². The molecule has 0 bridgehead atoms. The van der Waals surface area contributed by atoms with Gasteiger partial charge in [0.15, 0.2) is 0 Å². The monoisotopic (exact) mass is 363 g/mol. The van der Waals surface area contributed by atoms with Gasteiger partial charge in [-0.3, -0.25) is 0 Å². The molecule has 1 saturated heterocycles. The van der Waals surface area contributed by atoms with E-state index in [-0.39, 0.29) is 11.9 Å². The molecule has 0 amide bonds. The summed E-state index contributed by atoms with van der Waals surface area (Å²) in [5.41, 5.74) is 2.20. The molecule has 0 spiro atoms. The van der Waals surface area contributed by atoms with Crippen molar-refractivity contribution >= 4 is 10.0 Å². The highest BCUT2D eigenvalue weighted by Gasteiger charge is 2.31. The van der Waals surface area contributed by atoms with Crippen LogP contribution in [0.1, 0.15) is 23.0 Å². The maximum absolute atomic E-state index is 12.7. The van der Waals surface area contributed by atoms with Gasteiger partial charge in [0.05, 0.1) is 25.2 Å². The minimum atomic E-state index is -3.34.